The number of halogens is 2. The molecule has 238 valence electrons. The Morgan fingerprint density at radius 1 is 0.933 bits per heavy atom. The topological polar surface area (TPSA) is 141 Å². The van der Waals surface area contributed by atoms with Gasteiger partial charge < -0.3 is 29.2 Å². The highest BCUT2D eigenvalue weighted by atomic mass is 32.1. The van der Waals surface area contributed by atoms with Crippen molar-refractivity contribution in [2.24, 2.45) is 5.41 Å². The number of carboxylic acid groups (broad SMARTS) is 2. The van der Waals surface area contributed by atoms with Crippen LogP contribution in [0.1, 0.15) is 48.5 Å². The Balaban J connectivity index is 1.44. The van der Waals surface area contributed by atoms with Gasteiger partial charge in [-0.1, -0.05) is 6.08 Å². The number of benzene rings is 2. The second kappa shape index (κ2) is 13.9. The molecule has 4 rings (SSSR count). The number of thiophene rings is 1. The second-order valence-electron chi connectivity index (χ2n) is 10.6. The molecular weight excluding hydrogens is 612 g/mol. The number of ketones is 1. The molecule has 0 spiro atoms. The van der Waals surface area contributed by atoms with Crippen LogP contribution in [0.5, 0.6) is 23.0 Å². The number of fused-ring (bicyclic) bond motifs is 2. The zero-order valence-corrected chi connectivity index (χ0v) is 25.8. The maximum Gasteiger partial charge on any atom is 0.309 e. The number of carboxylic acids is 2. The lowest BCUT2D eigenvalue weighted by Crippen LogP contribution is -2.26. The summed E-state index contributed by atoms with van der Waals surface area (Å²) >= 11 is 1.04. The molecule has 0 unspecified atom stereocenters. The maximum absolute atomic E-state index is 15.5. The molecule has 0 saturated heterocycles. The van der Waals surface area contributed by atoms with Gasteiger partial charge in [-0.05, 0) is 38.1 Å². The first kappa shape index (κ1) is 33.1. The van der Waals surface area contributed by atoms with Crippen molar-refractivity contribution in [1.29, 1.82) is 0 Å². The van der Waals surface area contributed by atoms with Gasteiger partial charge in [0.05, 0.1) is 55.4 Å². The van der Waals surface area contributed by atoms with Crippen LogP contribution in [-0.4, -0.2) is 60.4 Å². The highest BCUT2D eigenvalue weighted by Crippen LogP contribution is 2.41. The van der Waals surface area contributed by atoms with E-state index in [-0.39, 0.29) is 71.1 Å². The highest BCUT2D eigenvalue weighted by molar-refractivity contribution is 7.20. The Labute approximate surface area is 260 Å². The molecule has 0 radical (unpaired) electrons. The average Bonchev–Trinajstić information content (AvgIpc) is 3.43. The van der Waals surface area contributed by atoms with Gasteiger partial charge in [-0.25, -0.2) is 13.8 Å². The molecule has 0 aliphatic rings. The average molecular weight is 644 g/mol. The van der Waals surface area contributed by atoms with E-state index in [2.05, 4.69) is 4.98 Å². The van der Waals surface area contributed by atoms with Gasteiger partial charge in [0.1, 0.15) is 0 Å². The monoisotopic (exact) mass is 643 g/mol. The number of aromatic nitrogens is 1. The van der Waals surface area contributed by atoms with Crippen molar-refractivity contribution in [2.75, 3.05) is 27.4 Å². The Kier molecular flexibility index (Phi) is 10.2. The van der Waals surface area contributed by atoms with Crippen LogP contribution in [0.3, 0.4) is 0 Å². The Morgan fingerprint density at radius 2 is 1.56 bits per heavy atom. The lowest BCUT2D eigenvalue weighted by atomic mass is 9.87. The summed E-state index contributed by atoms with van der Waals surface area (Å²) in [6, 6.07) is 7.50. The van der Waals surface area contributed by atoms with Crippen LogP contribution in [-0.2, 0) is 9.59 Å². The van der Waals surface area contributed by atoms with Gasteiger partial charge in [-0.2, -0.15) is 0 Å². The van der Waals surface area contributed by atoms with E-state index < -0.39 is 34.8 Å². The molecule has 45 heavy (non-hydrogen) atoms. The van der Waals surface area contributed by atoms with Gasteiger partial charge >= 0.3 is 11.9 Å². The molecule has 0 fully saturated rings. The number of carbonyl (C=O) groups is 3. The molecule has 2 N–H and O–H groups in total. The van der Waals surface area contributed by atoms with Crippen LogP contribution in [0.15, 0.2) is 36.4 Å². The molecule has 10 nitrogen and oxygen atoms in total. The quantitative estimate of drug-likeness (QED) is 0.105. The summed E-state index contributed by atoms with van der Waals surface area (Å²) in [5.41, 5.74) is -0.536. The van der Waals surface area contributed by atoms with Crippen LogP contribution >= 0.6 is 11.3 Å². The highest BCUT2D eigenvalue weighted by Gasteiger charge is 2.31. The van der Waals surface area contributed by atoms with Crippen LogP contribution in [0.4, 0.5) is 8.78 Å². The van der Waals surface area contributed by atoms with Gasteiger partial charge in [0.15, 0.2) is 40.4 Å². The number of methoxy groups -OCH3 is 2. The van der Waals surface area contributed by atoms with Crippen molar-refractivity contribution >= 4 is 56.1 Å². The first-order valence-corrected chi connectivity index (χ1v) is 14.6. The van der Waals surface area contributed by atoms with Gasteiger partial charge in [0.2, 0.25) is 0 Å². The van der Waals surface area contributed by atoms with Gasteiger partial charge in [0, 0.05) is 40.4 Å². The van der Waals surface area contributed by atoms with Crippen LogP contribution in [0.25, 0.3) is 27.1 Å². The number of carbonyl (C=O) groups excluding carboxylic acids is 1. The smallest absolute Gasteiger partial charge is 0.309 e. The molecule has 0 saturated carbocycles. The van der Waals surface area contributed by atoms with Crippen LogP contribution in [0, 0.1) is 17.0 Å². The summed E-state index contributed by atoms with van der Waals surface area (Å²) in [6.45, 7) is 2.87. The lowest BCUT2D eigenvalue weighted by molar-refractivity contribution is -0.146. The molecule has 2 heterocycles. The first-order valence-electron chi connectivity index (χ1n) is 13.7. The molecule has 2 aromatic heterocycles. The van der Waals surface area contributed by atoms with Crippen molar-refractivity contribution < 1.29 is 52.3 Å². The van der Waals surface area contributed by atoms with Crippen LogP contribution < -0.4 is 18.9 Å². The molecule has 2 aromatic carbocycles. The molecule has 0 atom stereocenters. The van der Waals surface area contributed by atoms with Crippen molar-refractivity contribution in [3.8, 4) is 23.0 Å². The second-order valence-corrected chi connectivity index (χ2v) is 11.7. The maximum atomic E-state index is 15.5. The van der Waals surface area contributed by atoms with E-state index >= 15 is 8.78 Å². The van der Waals surface area contributed by atoms with Gasteiger partial charge in [-0.3, -0.25) is 14.4 Å². The number of pyridine rings is 1. The molecule has 0 bridgehead atoms. The van der Waals surface area contributed by atoms with E-state index in [1.165, 1.54) is 58.4 Å². The number of aliphatic carboxylic acids is 2. The zero-order valence-electron chi connectivity index (χ0n) is 24.9. The Morgan fingerprint density at radius 3 is 2.16 bits per heavy atom. The normalized spacial score (nSPS) is 11.7. The van der Waals surface area contributed by atoms with Crippen molar-refractivity contribution in [3.05, 3.63) is 58.6 Å². The van der Waals surface area contributed by atoms with Gasteiger partial charge in [0.25, 0.3) is 0 Å². The van der Waals surface area contributed by atoms with E-state index in [0.29, 0.717) is 15.9 Å². The number of hydrogen-bond donors (Lipinski definition) is 2. The fourth-order valence-electron chi connectivity index (χ4n) is 4.36. The largest absolute Gasteiger partial charge is 0.493 e. The number of nitrogens with zero attached hydrogens (tertiary/aromatic N) is 1. The number of ether oxygens (including phenoxy) is 4. The standard InChI is InChI=1S/C32H31F2NO9S/c1-32(2,31(39)40)16-21(36)25-13-19-24(45-25)15-23(42-4)30(28(19)34)44-12-6-11-43-29-22(41-3)14-20-18(27(29)33)10-9-17(35-20)7-5-8-26(37)38/h5,7,9-10,13-15H,6,8,11-12,16H2,1-4H3,(H,37,38)(H,39,40)/b7-5+. The van der Waals surface area contributed by atoms with E-state index in [9.17, 15) is 19.5 Å². The molecular formula is C32H31F2NO9S. The molecule has 0 aliphatic carbocycles. The minimum atomic E-state index is -1.28. The summed E-state index contributed by atoms with van der Waals surface area (Å²) in [5.74, 6) is -4.01. The summed E-state index contributed by atoms with van der Waals surface area (Å²) in [4.78, 5) is 39.5. The summed E-state index contributed by atoms with van der Waals surface area (Å²) in [6.07, 6.45) is 2.77. The Hall–Kier alpha value is -4.78. The van der Waals surface area contributed by atoms with E-state index in [1.807, 2.05) is 0 Å². The summed E-state index contributed by atoms with van der Waals surface area (Å²) < 4.78 is 53.3. The van der Waals surface area contributed by atoms with E-state index in [0.717, 1.165) is 11.3 Å². The van der Waals surface area contributed by atoms with Crippen molar-refractivity contribution in [2.45, 2.75) is 33.1 Å². The number of Topliss-reactive ketones (excluding diaryl/α,β-unsaturated/α-hetero) is 1. The summed E-state index contributed by atoms with van der Waals surface area (Å²) in [5, 5.41) is 18.5. The van der Waals surface area contributed by atoms with E-state index in [4.69, 9.17) is 24.1 Å². The van der Waals surface area contributed by atoms with Crippen molar-refractivity contribution in [1.82, 2.24) is 4.98 Å². The fourth-order valence-corrected chi connectivity index (χ4v) is 5.38. The number of rotatable bonds is 15. The lowest BCUT2D eigenvalue weighted by Gasteiger charge is -2.16. The predicted octanol–water partition coefficient (Wildman–Crippen LogP) is 6.76. The summed E-state index contributed by atoms with van der Waals surface area (Å²) in [7, 11) is 2.71. The van der Waals surface area contributed by atoms with Crippen LogP contribution in [0.2, 0.25) is 0 Å². The SMILES string of the molecule is COc1cc2nc(/C=C/CC(=O)O)ccc2c(F)c1OCCCOc1c(OC)cc2sc(C(=O)CC(C)(C)C(=O)O)cc2c1F. The zero-order chi connectivity index (χ0) is 32.9. The minimum absolute atomic E-state index is 0.00906. The third kappa shape index (κ3) is 7.48. The number of hydrogen-bond acceptors (Lipinski definition) is 9. The first-order chi connectivity index (χ1) is 21.4. The fraction of sp³-hybridized carbons (Fsp3) is 0.312. The Bertz CT molecular complexity index is 1800. The molecule has 0 aliphatic heterocycles. The minimum Gasteiger partial charge on any atom is -0.493 e. The van der Waals surface area contributed by atoms with E-state index in [1.54, 1.807) is 12.1 Å². The predicted molar refractivity (Wildman–Crippen MR) is 164 cm³/mol. The molecule has 13 heteroatoms. The third-order valence-corrected chi connectivity index (χ3v) is 7.94. The van der Waals surface area contributed by atoms with Gasteiger partial charge in [-0.15, -0.1) is 11.3 Å². The van der Waals surface area contributed by atoms with Crippen molar-refractivity contribution in [3.63, 3.8) is 0 Å². The molecule has 0 amide bonds. The molecule has 4 aromatic rings. The third-order valence-electron chi connectivity index (χ3n) is 6.81.